The molecule has 3 nitrogen and oxygen atoms in total. The van der Waals surface area contributed by atoms with Gasteiger partial charge in [-0.15, -0.1) is 0 Å². The first kappa shape index (κ1) is 10.1. The van der Waals surface area contributed by atoms with Crippen LogP contribution in [0.1, 0.15) is 5.56 Å². The molecule has 0 aliphatic carbocycles. The van der Waals surface area contributed by atoms with E-state index in [9.17, 15) is 4.39 Å². The van der Waals surface area contributed by atoms with Gasteiger partial charge in [-0.05, 0) is 18.2 Å². The lowest BCUT2D eigenvalue weighted by molar-refractivity contribution is 0.280. The van der Waals surface area contributed by atoms with Crippen LogP contribution in [0.4, 0.5) is 4.39 Å². The van der Waals surface area contributed by atoms with E-state index in [1.54, 1.807) is 12.3 Å². The minimum atomic E-state index is -0.388. The number of benzene rings is 1. The summed E-state index contributed by atoms with van der Waals surface area (Å²) in [6.07, 6.45) is 3.07. The summed E-state index contributed by atoms with van der Waals surface area (Å²) in [5, 5.41) is 13.5. The molecule has 0 radical (unpaired) electrons. The van der Waals surface area contributed by atoms with Crippen molar-refractivity contribution in [3.63, 3.8) is 0 Å². The van der Waals surface area contributed by atoms with Crippen LogP contribution in [0.3, 0.4) is 0 Å². The summed E-state index contributed by atoms with van der Waals surface area (Å²) in [5.74, 6) is -0.388. The van der Waals surface area contributed by atoms with Crippen LogP contribution in [0, 0.1) is 5.82 Å². The van der Waals surface area contributed by atoms with E-state index >= 15 is 0 Å². The van der Waals surface area contributed by atoms with E-state index in [-0.39, 0.29) is 12.4 Å². The van der Waals surface area contributed by atoms with Gasteiger partial charge in [0.05, 0.1) is 23.5 Å². The van der Waals surface area contributed by atoms with Crippen LogP contribution < -0.4 is 0 Å². The third-order valence-electron chi connectivity index (χ3n) is 2.01. The summed E-state index contributed by atoms with van der Waals surface area (Å²) in [6, 6.07) is 4.12. The van der Waals surface area contributed by atoms with Gasteiger partial charge in [0.15, 0.2) is 0 Å². The molecule has 0 atom stereocenters. The molecule has 2 aromatic rings. The Kier molecular flexibility index (Phi) is 2.70. The fraction of sp³-hybridized carbons (Fsp3) is 0.100. The van der Waals surface area contributed by atoms with Crippen molar-refractivity contribution >= 4 is 11.6 Å². The summed E-state index contributed by atoms with van der Waals surface area (Å²) in [7, 11) is 0. The Morgan fingerprint density at radius 2 is 2.27 bits per heavy atom. The second kappa shape index (κ2) is 4.00. The molecular formula is C10H8ClFN2O. The molecule has 1 aromatic carbocycles. The number of rotatable bonds is 2. The number of halogens is 2. The van der Waals surface area contributed by atoms with Gasteiger partial charge in [-0.1, -0.05) is 11.6 Å². The maximum Gasteiger partial charge on any atom is 0.123 e. The maximum atomic E-state index is 12.9. The lowest BCUT2D eigenvalue weighted by Crippen LogP contribution is -2.00. The third-order valence-corrected chi connectivity index (χ3v) is 2.20. The number of hydrogen-bond donors (Lipinski definition) is 1. The summed E-state index contributed by atoms with van der Waals surface area (Å²) in [4.78, 5) is 0. The summed E-state index contributed by atoms with van der Waals surface area (Å²) in [6.45, 7) is -0.245. The Morgan fingerprint density at radius 1 is 1.47 bits per heavy atom. The smallest absolute Gasteiger partial charge is 0.123 e. The van der Waals surface area contributed by atoms with Gasteiger partial charge < -0.3 is 5.11 Å². The van der Waals surface area contributed by atoms with Gasteiger partial charge in [0, 0.05) is 11.8 Å². The van der Waals surface area contributed by atoms with E-state index in [4.69, 9.17) is 16.7 Å². The van der Waals surface area contributed by atoms with Gasteiger partial charge in [0.25, 0.3) is 0 Å². The highest BCUT2D eigenvalue weighted by molar-refractivity contribution is 6.30. The van der Waals surface area contributed by atoms with Crippen molar-refractivity contribution in [3.05, 3.63) is 47.0 Å². The van der Waals surface area contributed by atoms with Crippen molar-refractivity contribution in [1.82, 2.24) is 9.78 Å². The maximum absolute atomic E-state index is 12.9. The molecule has 0 bridgehead atoms. The molecule has 0 saturated carbocycles. The molecule has 0 saturated heterocycles. The molecule has 0 amide bonds. The van der Waals surface area contributed by atoms with Crippen molar-refractivity contribution in [3.8, 4) is 5.69 Å². The molecule has 15 heavy (non-hydrogen) atoms. The molecule has 0 aliphatic rings. The Hall–Kier alpha value is -1.39. The fourth-order valence-corrected chi connectivity index (χ4v) is 1.47. The molecule has 2 rings (SSSR count). The molecule has 78 valence electrons. The van der Waals surface area contributed by atoms with Crippen molar-refractivity contribution in [2.45, 2.75) is 6.61 Å². The van der Waals surface area contributed by atoms with E-state index in [1.165, 1.54) is 23.0 Å². The van der Waals surface area contributed by atoms with Crippen LogP contribution in [0.15, 0.2) is 30.6 Å². The van der Waals surface area contributed by atoms with Gasteiger partial charge in [0.2, 0.25) is 0 Å². The van der Waals surface area contributed by atoms with E-state index in [0.717, 1.165) is 0 Å². The minimum Gasteiger partial charge on any atom is -0.392 e. The van der Waals surface area contributed by atoms with E-state index in [2.05, 4.69) is 5.10 Å². The largest absolute Gasteiger partial charge is 0.392 e. The Bertz CT molecular complexity index is 484. The van der Waals surface area contributed by atoms with E-state index < -0.39 is 0 Å². The van der Waals surface area contributed by atoms with E-state index in [0.29, 0.717) is 16.3 Å². The van der Waals surface area contributed by atoms with Crippen LogP contribution >= 0.6 is 11.6 Å². The number of aromatic nitrogens is 2. The molecule has 1 N–H and O–H groups in total. The van der Waals surface area contributed by atoms with Crippen LogP contribution in [-0.4, -0.2) is 14.9 Å². The van der Waals surface area contributed by atoms with Crippen LogP contribution in [-0.2, 0) is 6.61 Å². The van der Waals surface area contributed by atoms with Gasteiger partial charge in [-0.3, -0.25) is 0 Å². The Balaban J connectivity index is 2.52. The zero-order valence-corrected chi connectivity index (χ0v) is 8.45. The first-order valence-electron chi connectivity index (χ1n) is 4.30. The van der Waals surface area contributed by atoms with Crippen molar-refractivity contribution in [2.24, 2.45) is 0 Å². The molecule has 0 spiro atoms. The predicted molar refractivity (Wildman–Crippen MR) is 54.5 cm³/mol. The van der Waals surface area contributed by atoms with Crippen LogP contribution in [0.5, 0.6) is 0 Å². The summed E-state index contributed by atoms with van der Waals surface area (Å²) < 4.78 is 14.4. The van der Waals surface area contributed by atoms with Crippen LogP contribution in [0.2, 0.25) is 5.02 Å². The SMILES string of the molecule is OCc1cc(F)ccc1-n1cc(Cl)cn1. The molecule has 1 aromatic heterocycles. The number of hydrogen-bond acceptors (Lipinski definition) is 2. The number of aliphatic hydroxyl groups excluding tert-OH is 1. The molecular weight excluding hydrogens is 219 g/mol. The summed E-state index contributed by atoms with van der Waals surface area (Å²) in [5.41, 5.74) is 1.08. The summed E-state index contributed by atoms with van der Waals surface area (Å²) >= 11 is 5.72. The lowest BCUT2D eigenvalue weighted by Gasteiger charge is -2.06. The highest BCUT2D eigenvalue weighted by Gasteiger charge is 2.06. The van der Waals surface area contributed by atoms with Gasteiger partial charge in [0.1, 0.15) is 5.82 Å². The number of aliphatic hydroxyl groups is 1. The van der Waals surface area contributed by atoms with Crippen molar-refractivity contribution < 1.29 is 9.50 Å². The molecule has 0 aliphatic heterocycles. The van der Waals surface area contributed by atoms with Crippen molar-refractivity contribution in [1.29, 1.82) is 0 Å². The predicted octanol–water partition coefficient (Wildman–Crippen LogP) is 2.16. The van der Waals surface area contributed by atoms with Crippen molar-refractivity contribution in [2.75, 3.05) is 0 Å². The molecule has 5 heteroatoms. The highest BCUT2D eigenvalue weighted by atomic mass is 35.5. The Morgan fingerprint density at radius 3 is 2.87 bits per heavy atom. The first-order valence-corrected chi connectivity index (χ1v) is 4.68. The second-order valence-electron chi connectivity index (χ2n) is 3.03. The van der Waals surface area contributed by atoms with Gasteiger partial charge in [-0.25, -0.2) is 9.07 Å². The standard InChI is InChI=1S/C10H8ClFN2O/c11-8-4-13-14(5-8)10-2-1-9(12)3-7(10)6-15/h1-5,15H,6H2. The molecule has 0 fully saturated rings. The van der Waals surface area contributed by atoms with Gasteiger partial charge in [-0.2, -0.15) is 5.10 Å². The zero-order chi connectivity index (χ0) is 10.8. The second-order valence-corrected chi connectivity index (χ2v) is 3.47. The normalized spacial score (nSPS) is 10.6. The van der Waals surface area contributed by atoms with Gasteiger partial charge >= 0.3 is 0 Å². The third kappa shape index (κ3) is 2.00. The highest BCUT2D eigenvalue weighted by Crippen LogP contribution is 2.17. The lowest BCUT2D eigenvalue weighted by atomic mass is 10.2. The number of nitrogens with zero attached hydrogens (tertiary/aromatic N) is 2. The zero-order valence-electron chi connectivity index (χ0n) is 7.69. The molecule has 0 unspecified atom stereocenters. The minimum absolute atomic E-state index is 0.245. The fourth-order valence-electron chi connectivity index (χ4n) is 1.34. The molecule has 1 heterocycles. The Labute approximate surface area is 90.7 Å². The van der Waals surface area contributed by atoms with Crippen LogP contribution in [0.25, 0.3) is 5.69 Å². The monoisotopic (exact) mass is 226 g/mol. The quantitative estimate of drug-likeness (QED) is 0.852. The average Bonchev–Trinajstić information content (AvgIpc) is 2.64. The average molecular weight is 227 g/mol. The topological polar surface area (TPSA) is 38.0 Å². The van der Waals surface area contributed by atoms with E-state index in [1.807, 2.05) is 0 Å². The first-order chi connectivity index (χ1) is 7.20.